The van der Waals surface area contributed by atoms with Crippen LogP contribution in [0.1, 0.15) is 106 Å². The fourth-order valence-corrected chi connectivity index (χ4v) is 11.3. The molecule has 3 heteroatoms. The summed E-state index contributed by atoms with van der Waals surface area (Å²) >= 11 is 0. The molecule has 0 bridgehead atoms. The summed E-state index contributed by atoms with van der Waals surface area (Å²) in [6.45, 7) is 17.4. The molecule has 10 atom stereocenters. The molecule has 5 aliphatic carbocycles. The zero-order valence-corrected chi connectivity index (χ0v) is 23.2. The van der Waals surface area contributed by atoms with Crippen molar-refractivity contribution in [1.29, 1.82) is 0 Å². The van der Waals surface area contributed by atoms with Crippen LogP contribution in [0.3, 0.4) is 0 Å². The third-order valence-corrected chi connectivity index (χ3v) is 13.6. The van der Waals surface area contributed by atoms with E-state index in [1.165, 1.54) is 19.3 Å². The highest BCUT2D eigenvalue weighted by atomic mass is 16.5. The molecule has 4 saturated carbocycles. The Kier molecular flexibility index (Phi) is 5.55. The van der Waals surface area contributed by atoms with Gasteiger partial charge in [0.25, 0.3) is 0 Å². The van der Waals surface area contributed by atoms with Crippen molar-refractivity contribution in [1.82, 2.24) is 0 Å². The van der Waals surface area contributed by atoms with Gasteiger partial charge in [0.2, 0.25) is 0 Å². The predicted molar refractivity (Wildman–Crippen MR) is 137 cm³/mol. The van der Waals surface area contributed by atoms with E-state index in [1.807, 2.05) is 7.11 Å². The fraction of sp³-hybridized carbons (Fsp3) is 0.903. The molecule has 0 aromatic heterocycles. The third kappa shape index (κ3) is 2.83. The SMILES string of the molecule is CO[C@H]1CC[C@@]2(C)C(CC[C@]3(C)[C@@H]2CC=C2[C@@H]4[C@@H](C)[C@H](C)CC[C@]4(C(=O)O)CC[C@]23C)C1(C)C. The Hall–Kier alpha value is -0.830. The lowest BCUT2D eigenvalue weighted by atomic mass is 9.33. The number of hydrogen-bond acceptors (Lipinski definition) is 2. The van der Waals surface area contributed by atoms with Crippen molar-refractivity contribution in [3.63, 3.8) is 0 Å². The number of carboxylic acids is 1. The van der Waals surface area contributed by atoms with E-state index in [0.717, 1.165) is 38.5 Å². The van der Waals surface area contributed by atoms with Gasteiger partial charge in [-0.05, 0) is 109 Å². The first kappa shape index (κ1) is 24.8. The summed E-state index contributed by atoms with van der Waals surface area (Å²) in [5.74, 6) is 2.07. The van der Waals surface area contributed by atoms with E-state index in [1.54, 1.807) is 5.57 Å². The van der Waals surface area contributed by atoms with Crippen LogP contribution in [0.15, 0.2) is 11.6 Å². The van der Waals surface area contributed by atoms with Crippen LogP contribution < -0.4 is 0 Å². The lowest BCUT2D eigenvalue weighted by Gasteiger charge is -2.71. The minimum absolute atomic E-state index is 0.112. The quantitative estimate of drug-likeness (QED) is 0.420. The van der Waals surface area contributed by atoms with Crippen molar-refractivity contribution in [3.05, 3.63) is 11.6 Å². The standard InChI is InChI=1S/C31H50O3/c1-19-11-16-31(26(32)33)18-17-29(6)21(25(31)20(19)2)9-10-23-28(5)14-13-24(34-8)27(3,4)22(28)12-15-30(23,29)7/h9,19-20,22-25H,10-18H2,1-8H3,(H,32,33)/t19-,20+,22?,23-,24+,25+,28+,29-,30-,31+/m1/s1. The van der Waals surface area contributed by atoms with Crippen molar-refractivity contribution >= 4 is 5.97 Å². The second-order valence-electron chi connectivity index (χ2n) is 14.7. The summed E-state index contributed by atoms with van der Waals surface area (Å²) in [6.07, 6.45) is 12.9. The average Bonchev–Trinajstić information content (AvgIpc) is 2.76. The van der Waals surface area contributed by atoms with Crippen molar-refractivity contribution in [2.45, 2.75) is 112 Å². The van der Waals surface area contributed by atoms with Crippen LogP contribution >= 0.6 is 0 Å². The molecular formula is C31H50O3. The van der Waals surface area contributed by atoms with E-state index in [0.29, 0.717) is 35.2 Å². The Morgan fingerprint density at radius 3 is 2.29 bits per heavy atom. The first-order valence-electron chi connectivity index (χ1n) is 14.3. The van der Waals surface area contributed by atoms with Gasteiger partial charge in [0.1, 0.15) is 0 Å². The van der Waals surface area contributed by atoms with Crippen LogP contribution in [0.5, 0.6) is 0 Å². The summed E-state index contributed by atoms with van der Waals surface area (Å²) in [7, 11) is 1.90. The van der Waals surface area contributed by atoms with Crippen molar-refractivity contribution < 1.29 is 14.6 Å². The minimum Gasteiger partial charge on any atom is -0.481 e. The highest BCUT2D eigenvalue weighted by Crippen LogP contribution is 2.75. The second kappa shape index (κ2) is 7.59. The highest BCUT2D eigenvalue weighted by Gasteiger charge is 2.69. The molecule has 0 amide bonds. The molecule has 0 saturated heterocycles. The van der Waals surface area contributed by atoms with Gasteiger partial charge in [-0.15, -0.1) is 0 Å². The highest BCUT2D eigenvalue weighted by molar-refractivity contribution is 5.76. The van der Waals surface area contributed by atoms with E-state index in [4.69, 9.17) is 4.74 Å². The lowest BCUT2D eigenvalue weighted by Crippen LogP contribution is -2.65. The fourth-order valence-electron chi connectivity index (χ4n) is 11.3. The van der Waals surface area contributed by atoms with Crippen LogP contribution in [0.25, 0.3) is 0 Å². The summed E-state index contributed by atoms with van der Waals surface area (Å²) in [5.41, 5.74) is 1.88. The molecule has 3 nitrogen and oxygen atoms in total. The minimum atomic E-state index is -0.542. The normalized spacial score (nSPS) is 54.1. The van der Waals surface area contributed by atoms with Gasteiger partial charge in [-0.2, -0.15) is 0 Å². The Bertz CT molecular complexity index is 889. The Balaban J connectivity index is 1.60. The molecule has 0 spiro atoms. The van der Waals surface area contributed by atoms with E-state index in [-0.39, 0.29) is 22.2 Å². The number of allylic oxidation sites excluding steroid dienone is 2. The number of ether oxygens (including phenoxy) is 1. The van der Waals surface area contributed by atoms with Crippen molar-refractivity contribution in [2.75, 3.05) is 7.11 Å². The molecule has 1 unspecified atom stereocenters. The topological polar surface area (TPSA) is 46.5 Å². The number of hydrogen-bond donors (Lipinski definition) is 1. The van der Waals surface area contributed by atoms with E-state index < -0.39 is 11.4 Å². The van der Waals surface area contributed by atoms with E-state index >= 15 is 0 Å². The molecule has 5 aliphatic rings. The second-order valence-corrected chi connectivity index (χ2v) is 14.7. The summed E-state index contributed by atoms with van der Waals surface area (Å²) < 4.78 is 6.01. The number of carbonyl (C=O) groups is 1. The lowest BCUT2D eigenvalue weighted by molar-refractivity contribution is -0.210. The third-order valence-electron chi connectivity index (χ3n) is 13.6. The van der Waals surface area contributed by atoms with Gasteiger partial charge in [0.15, 0.2) is 0 Å². The first-order chi connectivity index (χ1) is 15.8. The van der Waals surface area contributed by atoms with Gasteiger partial charge >= 0.3 is 5.97 Å². The molecule has 1 N–H and O–H groups in total. The maximum absolute atomic E-state index is 12.8. The average molecular weight is 471 g/mol. The van der Waals surface area contributed by atoms with Crippen LogP contribution in [0.2, 0.25) is 0 Å². The molecular weight excluding hydrogens is 420 g/mol. The molecule has 0 aromatic carbocycles. The Labute approximate surface area is 208 Å². The van der Waals surface area contributed by atoms with Crippen molar-refractivity contribution in [2.24, 2.45) is 56.7 Å². The summed E-state index contributed by atoms with van der Waals surface area (Å²) in [4.78, 5) is 12.8. The van der Waals surface area contributed by atoms with Crippen LogP contribution in [0, 0.1) is 56.7 Å². The number of aliphatic carboxylic acids is 1. The van der Waals surface area contributed by atoms with Crippen LogP contribution in [-0.2, 0) is 9.53 Å². The first-order valence-corrected chi connectivity index (χ1v) is 14.3. The Morgan fingerprint density at radius 2 is 1.65 bits per heavy atom. The molecule has 0 heterocycles. The molecule has 0 aromatic rings. The number of methoxy groups -OCH3 is 1. The molecule has 34 heavy (non-hydrogen) atoms. The monoisotopic (exact) mass is 470 g/mol. The zero-order chi connectivity index (χ0) is 24.9. The smallest absolute Gasteiger partial charge is 0.310 e. The molecule has 0 aliphatic heterocycles. The Morgan fingerprint density at radius 1 is 0.941 bits per heavy atom. The number of rotatable bonds is 2. The molecule has 5 rings (SSSR count). The van der Waals surface area contributed by atoms with E-state index in [9.17, 15) is 9.90 Å². The zero-order valence-electron chi connectivity index (χ0n) is 23.2. The maximum Gasteiger partial charge on any atom is 0.310 e. The van der Waals surface area contributed by atoms with Gasteiger partial charge in [-0.25, -0.2) is 0 Å². The molecule has 4 fully saturated rings. The van der Waals surface area contributed by atoms with Gasteiger partial charge in [0.05, 0.1) is 11.5 Å². The van der Waals surface area contributed by atoms with Gasteiger partial charge < -0.3 is 9.84 Å². The molecule has 0 radical (unpaired) electrons. The van der Waals surface area contributed by atoms with Crippen LogP contribution in [-0.4, -0.2) is 24.3 Å². The van der Waals surface area contributed by atoms with Gasteiger partial charge in [-0.1, -0.05) is 60.1 Å². The van der Waals surface area contributed by atoms with Crippen LogP contribution in [0.4, 0.5) is 0 Å². The van der Waals surface area contributed by atoms with Gasteiger partial charge in [-0.3, -0.25) is 4.79 Å². The van der Waals surface area contributed by atoms with Crippen molar-refractivity contribution in [3.8, 4) is 0 Å². The summed E-state index contributed by atoms with van der Waals surface area (Å²) in [6, 6.07) is 0. The predicted octanol–water partition coefficient (Wildman–Crippen LogP) is 7.74. The summed E-state index contributed by atoms with van der Waals surface area (Å²) in [5, 5.41) is 10.6. The van der Waals surface area contributed by atoms with E-state index in [2.05, 4.69) is 54.5 Å². The number of carboxylic acid groups (broad SMARTS) is 1. The largest absolute Gasteiger partial charge is 0.481 e. The maximum atomic E-state index is 12.8. The molecule has 192 valence electrons. The van der Waals surface area contributed by atoms with Gasteiger partial charge in [0, 0.05) is 7.11 Å². The number of fused-ring (bicyclic) bond motifs is 7.